The topological polar surface area (TPSA) is 75.7 Å². The van der Waals surface area contributed by atoms with Gasteiger partial charge in [-0.3, -0.25) is 9.10 Å². The van der Waals surface area contributed by atoms with Gasteiger partial charge in [0.2, 0.25) is 15.9 Å². The number of para-hydroxylation sites is 2. The predicted molar refractivity (Wildman–Crippen MR) is 92.2 cm³/mol. The van der Waals surface area contributed by atoms with Crippen molar-refractivity contribution in [1.82, 2.24) is 5.32 Å². The second-order valence-corrected chi connectivity index (χ2v) is 7.22. The smallest absolute Gasteiger partial charge is 0.232 e. The summed E-state index contributed by atoms with van der Waals surface area (Å²) in [6.07, 6.45) is 2.64. The van der Waals surface area contributed by atoms with Crippen molar-refractivity contribution in [3.63, 3.8) is 0 Å². The van der Waals surface area contributed by atoms with E-state index >= 15 is 0 Å². The molecule has 0 unspecified atom stereocenters. The number of carbonyl (C=O) groups is 1. The first-order chi connectivity index (χ1) is 10.8. The van der Waals surface area contributed by atoms with E-state index in [9.17, 15) is 13.2 Å². The highest BCUT2D eigenvalue weighted by molar-refractivity contribution is 7.92. The van der Waals surface area contributed by atoms with Gasteiger partial charge >= 0.3 is 0 Å². The lowest BCUT2D eigenvalue weighted by Gasteiger charge is -2.25. The second kappa shape index (κ2) is 8.57. The summed E-state index contributed by atoms with van der Waals surface area (Å²) in [7, 11) is -3.54. The van der Waals surface area contributed by atoms with Crippen molar-refractivity contribution in [3.05, 3.63) is 36.9 Å². The largest absolute Gasteiger partial charge is 0.489 e. The van der Waals surface area contributed by atoms with E-state index in [1.165, 1.54) is 4.31 Å². The Morgan fingerprint density at radius 3 is 2.61 bits per heavy atom. The molecule has 0 aromatic heterocycles. The van der Waals surface area contributed by atoms with Crippen molar-refractivity contribution in [1.29, 1.82) is 0 Å². The molecule has 0 aliphatic rings. The maximum atomic E-state index is 12.1. The van der Waals surface area contributed by atoms with Gasteiger partial charge in [-0.05, 0) is 26.0 Å². The number of benzene rings is 1. The van der Waals surface area contributed by atoms with E-state index in [0.717, 1.165) is 6.26 Å². The molecule has 0 saturated heterocycles. The van der Waals surface area contributed by atoms with Crippen molar-refractivity contribution in [2.45, 2.75) is 26.4 Å². The summed E-state index contributed by atoms with van der Waals surface area (Å²) in [6, 6.07) is 6.89. The highest BCUT2D eigenvalue weighted by Gasteiger charge is 2.22. The molecule has 1 aromatic rings. The number of ether oxygens (including phenoxy) is 1. The summed E-state index contributed by atoms with van der Waals surface area (Å²) in [5, 5.41) is 2.63. The predicted octanol–water partition coefficient (Wildman–Crippen LogP) is 1.93. The lowest BCUT2D eigenvalue weighted by Crippen LogP contribution is -2.35. The fourth-order valence-electron chi connectivity index (χ4n) is 1.96. The van der Waals surface area contributed by atoms with Crippen molar-refractivity contribution < 1.29 is 17.9 Å². The van der Waals surface area contributed by atoms with Crippen molar-refractivity contribution >= 4 is 21.6 Å². The molecule has 0 aliphatic heterocycles. The van der Waals surface area contributed by atoms with Crippen LogP contribution in [-0.4, -0.2) is 39.8 Å². The number of hydrogen-bond acceptors (Lipinski definition) is 4. The van der Waals surface area contributed by atoms with Crippen molar-refractivity contribution in [2.75, 3.05) is 23.7 Å². The summed E-state index contributed by atoms with van der Waals surface area (Å²) in [4.78, 5) is 11.7. The average Bonchev–Trinajstić information content (AvgIpc) is 2.45. The Bertz CT molecular complexity index is 641. The molecule has 7 heteroatoms. The number of hydrogen-bond donors (Lipinski definition) is 1. The molecular weight excluding hydrogens is 316 g/mol. The first kappa shape index (κ1) is 19.0. The highest BCUT2D eigenvalue weighted by Crippen LogP contribution is 2.30. The minimum atomic E-state index is -3.54. The van der Waals surface area contributed by atoms with Crippen LogP contribution in [-0.2, 0) is 14.8 Å². The van der Waals surface area contributed by atoms with Crippen LogP contribution in [0.1, 0.15) is 20.3 Å². The van der Waals surface area contributed by atoms with Gasteiger partial charge in [0.25, 0.3) is 0 Å². The van der Waals surface area contributed by atoms with Crippen LogP contribution in [0.15, 0.2) is 36.9 Å². The van der Waals surface area contributed by atoms with Gasteiger partial charge in [0, 0.05) is 19.5 Å². The zero-order valence-corrected chi connectivity index (χ0v) is 14.6. The van der Waals surface area contributed by atoms with Gasteiger partial charge in [-0.25, -0.2) is 8.42 Å². The summed E-state index contributed by atoms with van der Waals surface area (Å²) < 4.78 is 31.1. The van der Waals surface area contributed by atoms with E-state index in [1.54, 1.807) is 30.3 Å². The minimum Gasteiger partial charge on any atom is -0.489 e. The van der Waals surface area contributed by atoms with Crippen LogP contribution in [0.4, 0.5) is 5.69 Å². The molecule has 0 bridgehead atoms. The Balaban J connectivity index is 3.00. The molecule has 0 radical (unpaired) electrons. The second-order valence-electron chi connectivity index (χ2n) is 5.31. The molecule has 1 aromatic carbocycles. The molecule has 0 fully saturated rings. The summed E-state index contributed by atoms with van der Waals surface area (Å²) in [6.45, 7) is 7.64. The molecule has 128 valence electrons. The Hall–Kier alpha value is -2.02. The molecule has 6 nitrogen and oxygen atoms in total. The van der Waals surface area contributed by atoms with Crippen LogP contribution in [0.2, 0.25) is 0 Å². The number of nitrogens with zero attached hydrogens (tertiary/aromatic N) is 1. The van der Waals surface area contributed by atoms with Gasteiger partial charge in [-0.15, -0.1) is 6.58 Å². The zero-order chi connectivity index (χ0) is 17.5. The minimum absolute atomic E-state index is 0.0419. The molecule has 0 spiro atoms. The van der Waals surface area contributed by atoms with Crippen LogP contribution >= 0.6 is 0 Å². The quantitative estimate of drug-likeness (QED) is 0.697. The SMILES string of the molecule is C=CCNC(=O)CCN(c1ccccc1OC(C)C)S(C)(=O)=O. The number of amides is 1. The Labute approximate surface area is 138 Å². The lowest BCUT2D eigenvalue weighted by molar-refractivity contribution is -0.120. The van der Waals surface area contributed by atoms with E-state index in [-0.39, 0.29) is 25.0 Å². The third kappa shape index (κ3) is 6.32. The van der Waals surface area contributed by atoms with Crippen LogP contribution in [0.25, 0.3) is 0 Å². The van der Waals surface area contributed by atoms with Crippen LogP contribution in [0.3, 0.4) is 0 Å². The summed E-state index contributed by atoms with van der Waals surface area (Å²) in [5.41, 5.74) is 0.431. The summed E-state index contributed by atoms with van der Waals surface area (Å²) >= 11 is 0. The molecular formula is C16H24N2O4S. The average molecular weight is 340 g/mol. The molecule has 0 saturated carbocycles. The molecule has 1 N–H and O–H groups in total. The normalized spacial score (nSPS) is 11.1. The molecule has 23 heavy (non-hydrogen) atoms. The zero-order valence-electron chi connectivity index (χ0n) is 13.8. The van der Waals surface area contributed by atoms with E-state index in [0.29, 0.717) is 18.0 Å². The summed E-state index contributed by atoms with van der Waals surface area (Å²) in [5.74, 6) is 0.236. The number of anilines is 1. The Kier molecular flexibility index (Phi) is 7.09. The van der Waals surface area contributed by atoms with Gasteiger partial charge in [0.15, 0.2) is 0 Å². The monoisotopic (exact) mass is 340 g/mol. The first-order valence-electron chi connectivity index (χ1n) is 7.36. The van der Waals surface area contributed by atoms with Crippen LogP contribution in [0.5, 0.6) is 5.75 Å². The molecule has 0 atom stereocenters. The van der Waals surface area contributed by atoms with E-state index in [4.69, 9.17) is 4.74 Å². The number of carbonyl (C=O) groups excluding carboxylic acids is 1. The third-order valence-corrected chi connectivity index (χ3v) is 4.06. The Morgan fingerprint density at radius 1 is 1.39 bits per heavy atom. The third-order valence-electron chi connectivity index (χ3n) is 2.88. The highest BCUT2D eigenvalue weighted by atomic mass is 32.2. The van der Waals surface area contributed by atoms with E-state index in [1.807, 2.05) is 13.8 Å². The van der Waals surface area contributed by atoms with E-state index in [2.05, 4.69) is 11.9 Å². The number of rotatable bonds is 9. The molecule has 0 aliphatic carbocycles. The fourth-order valence-corrected chi connectivity index (χ4v) is 2.89. The maximum absolute atomic E-state index is 12.1. The van der Waals surface area contributed by atoms with E-state index < -0.39 is 10.0 Å². The first-order valence-corrected chi connectivity index (χ1v) is 9.21. The lowest BCUT2D eigenvalue weighted by atomic mass is 10.2. The number of nitrogens with one attached hydrogen (secondary N) is 1. The molecule has 0 heterocycles. The maximum Gasteiger partial charge on any atom is 0.232 e. The Morgan fingerprint density at radius 2 is 2.04 bits per heavy atom. The van der Waals surface area contributed by atoms with Crippen LogP contribution in [0, 0.1) is 0 Å². The van der Waals surface area contributed by atoms with Crippen molar-refractivity contribution in [3.8, 4) is 5.75 Å². The fraction of sp³-hybridized carbons (Fsp3) is 0.438. The van der Waals surface area contributed by atoms with Gasteiger partial charge < -0.3 is 10.1 Å². The molecule has 1 rings (SSSR count). The van der Waals surface area contributed by atoms with Crippen molar-refractivity contribution in [2.24, 2.45) is 0 Å². The van der Waals surface area contributed by atoms with Gasteiger partial charge in [0.05, 0.1) is 18.0 Å². The van der Waals surface area contributed by atoms with Gasteiger partial charge in [-0.1, -0.05) is 18.2 Å². The van der Waals surface area contributed by atoms with Gasteiger partial charge in [0.1, 0.15) is 5.75 Å². The molecule has 1 amide bonds. The number of sulfonamides is 1. The van der Waals surface area contributed by atoms with Crippen LogP contribution < -0.4 is 14.4 Å². The standard InChI is InChI=1S/C16H24N2O4S/c1-5-11-17-16(19)10-12-18(23(4,20)21)14-8-6-7-9-15(14)22-13(2)3/h5-9,13H,1,10-12H2,2-4H3,(H,17,19). The van der Waals surface area contributed by atoms with Gasteiger partial charge in [-0.2, -0.15) is 0 Å².